The molecule has 2 unspecified atom stereocenters. The SMILES string of the molecule is CC.CCCN1CC2CC(C1)C2(F)F. The highest BCUT2D eigenvalue weighted by molar-refractivity contribution is 5.02. The summed E-state index contributed by atoms with van der Waals surface area (Å²) in [5.74, 6) is -2.99. The molecule has 3 rings (SSSR count). The van der Waals surface area contributed by atoms with Gasteiger partial charge < -0.3 is 4.90 Å². The van der Waals surface area contributed by atoms with Gasteiger partial charge in [-0.2, -0.15) is 0 Å². The molecule has 84 valence electrons. The molecular formula is C11H21F2N. The normalized spacial score (nSPS) is 34.1. The summed E-state index contributed by atoms with van der Waals surface area (Å²) >= 11 is 0. The molecule has 2 heterocycles. The summed E-state index contributed by atoms with van der Waals surface area (Å²) < 4.78 is 26.1. The van der Waals surface area contributed by atoms with Crippen LogP contribution in [0.5, 0.6) is 0 Å². The number of piperidine rings is 2. The van der Waals surface area contributed by atoms with Crippen LogP contribution in [0.4, 0.5) is 8.78 Å². The van der Waals surface area contributed by atoms with Gasteiger partial charge in [0.25, 0.3) is 5.92 Å². The molecule has 2 saturated heterocycles. The molecule has 0 aromatic rings. The summed E-state index contributed by atoms with van der Waals surface area (Å²) in [6.45, 7) is 8.33. The monoisotopic (exact) mass is 205 g/mol. The minimum absolute atomic E-state index is 0.331. The molecule has 0 aromatic heterocycles. The zero-order chi connectivity index (χ0) is 10.8. The highest BCUT2D eigenvalue weighted by Crippen LogP contribution is 2.52. The van der Waals surface area contributed by atoms with Crippen molar-refractivity contribution in [2.75, 3.05) is 19.6 Å². The van der Waals surface area contributed by atoms with E-state index < -0.39 is 5.92 Å². The summed E-state index contributed by atoms with van der Waals surface area (Å²) in [5.41, 5.74) is 0. The molecule has 1 saturated carbocycles. The lowest BCUT2D eigenvalue weighted by Crippen LogP contribution is -2.62. The topological polar surface area (TPSA) is 3.24 Å². The molecule has 0 spiro atoms. The van der Waals surface area contributed by atoms with E-state index >= 15 is 0 Å². The maximum Gasteiger partial charge on any atom is 0.256 e. The van der Waals surface area contributed by atoms with Crippen LogP contribution in [0, 0.1) is 11.8 Å². The Morgan fingerprint density at radius 3 is 2.07 bits per heavy atom. The first-order chi connectivity index (χ1) is 6.64. The van der Waals surface area contributed by atoms with Gasteiger partial charge in [0.05, 0.1) is 0 Å². The van der Waals surface area contributed by atoms with Gasteiger partial charge in [-0.15, -0.1) is 0 Å². The van der Waals surface area contributed by atoms with E-state index in [1.54, 1.807) is 0 Å². The summed E-state index contributed by atoms with van der Waals surface area (Å²) in [5, 5.41) is 0. The Labute approximate surface area is 85.5 Å². The predicted molar refractivity (Wildman–Crippen MR) is 54.6 cm³/mol. The van der Waals surface area contributed by atoms with Gasteiger partial charge >= 0.3 is 0 Å². The minimum Gasteiger partial charge on any atom is -0.302 e. The zero-order valence-corrected chi connectivity index (χ0v) is 9.39. The largest absolute Gasteiger partial charge is 0.302 e. The van der Waals surface area contributed by atoms with Crippen LogP contribution in [-0.2, 0) is 0 Å². The molecule has 3 heteroatoms. The van der Waals surface area contributed by atoms with Crippen LogP contribution in [0.25, 0.3) is 0 Å². The van der Waals surface area contributed by atoms with Crippen LogP contribution in [0.3, 0.4) is 0 Å². The maximum atomic E-state index is 13.0. The van der Waals surface area contributed by atoms with Crippen LogP contribution >= 0.6 is 0 Å². The van der Waals surface area contributed by atoms with E-state index in [-0.39, 0.29) is 11.8 Å². The molecule has 2 aliphatic heterocycles. The number of hydrogen-bond acceptors (Lipinski definition) is 1. The Morgan fingerprint density at radius 2 is 1.71 bits per heavy atom. The van der Waals surface area contributed by atoms with Crippen molar-refractivity contribution in [1.82, 2.24) is 4.90 Å². The number of alkyl halides is 2. The first-order valence-electron chi connectivity index (χ1n) is 5.74. The van der Waals surface area contributed by atoms with Crippen molar-refractivity contribution >= 4 is 0 Å². The van der Waals surface area contributed by atoms with Crippen LogP contribution in [0.15, 0.2) is 0 Å². The van der Waals surface area contributed by atoms with Crippen LogP contribution in [0.1, 0.15) is 33.6 Å². The third kappa shape index (κ3) is 1.92. The van der Waals surface area contributed by atoms with E-state index in [2.05, 4.69) is 11.8 Å². The van der Waals surface area contributed by atoms with Crippen molar-refractivity contribution < 1.29 is 8.78 Å². The average molecular weight is 205 g/mol. The highest BCUT2D eigenvalue weighted by atomic mass is 19.3. The summed E-state index contributed by atoms with van der Waals surface area (Å²) in [7, 11) is 0. The molecule has 14 heavy (non-hydrogen) atoms. The lowest BCUT2D eigenvalue weighted by atomic mass is 9.67. The van der Waals surface area contributed by atoms with Gasteiger partial charge in [0.15, 0.2) is 0 Å². The molecule has 0 aromatic carbocycles. The molecule has 2 atom stereocenters. The number of nitrogens with zero attached hydrogens (tertiary/aromatic N) is 1. The second-order valence-corrected chi connectivity index (χ2v) is 4.06. The van der Waals surface area contributed by atoms with Gasteiger partial charge in [-0.1, -0.05) is 20.8 Å². The Hall–Kier alpha value is -0.180. The van der Waals surface area contributed by atoms with Crippen LogP contribution in [0.2, 0.25) is 0 Å². The maximum absolute atomic E-state index is 13.0. The van der Waals surface area contributed by atoms with E-state index in [0.29, 0.717) is 13.1 Å². The smallest absolute Gasteiger partial charge is 0.256 e. The molecular weight excluding hydrogens is 184 g/mol. The van der Waals surface area contributed by atoms with Crippen molar-refractivity contribution in [3.8, 4) is 0 Å². The van der Waals surface area contributed by atoms with Crippen LogP contribution < -0.4 is 0 Å². The second kappa shape index (κ2) is 4.56. The second-order valence-electron chi connectivity index (χ2n) is 4.06. The molecule has 1 aliphatic carbocycles. The Morgan fingerprint density at radius 1 is 1.21 bits per heavy atom. The third-order valence-corrected chi connectivity index (χ3v) is 3.15. The zero-order valence-electron chi connectivity index (χ0n) is 9.39. The predicted octanol–water partition coefficient (Wildman–Crippen LogP) is 3.01. The molecule has 2 bridgehead atoms. The van der Waals surface area contributed by atoms with Crippen LogP contribution in [-0.4, -0.2) is 30.5 Å². The fraction of sp³-hybridized carbons (Fsp3) is 1.00. The Balaban J connectivity index is 0.000000461. The van der Waals surface area contributed by atoms with Crippen molar-refractivity contribution in [2.24, 2.45) is 11.8 Å². The van der Waals surface area contributed by atoms with Gasteiger partial charge in [0.1, 0.15) is 0 Å². The van der Waals surface area contributed by atoms with Crippen molar-refractivity contribution in [2.45, 2.75) is 39.5 Å². The summed E-state index contributed by atoms with van der Waals surface area (Å²) in [6.07, 6.45) is 1.83. The molecule has 1 nitrogen and oxygen atoms in total. The molecule has 3 aliphatic rings. The van der Waals surface area contributed by atoms with Gasteiger partial charge in [-0.3, -0.25) is 0 Å². The number of rotatable bonds is 2. The lowest BCUT2D eigenvalue weighted by Gasteiger charge is -2.53. The number of hydrogen-bond donors (Lipinski definition) is 0. The van der Waals surface area contributed by atoms with Gasteiger partial charge in [-0.25, -0.2) is 8.78 Å². The molecule has 0 radical (unpaired) electrons. The van der Waals surface area contributed by atoms with Gasteiger partial charge in [0.2, 0.25) is 0 Å². The third-order valence-electron chi connectivity index (χ3n) is 3.15. The quantitative estimate of drug-likeness (QED) is 0.670. The van der Waals surface area contributed by atoms with Crippen molar-refractivity contribution in [3.05, 3.63) is 0 Å². The minimum atomic E-state index is -2.33. The molecule has 3 fully saturated rings. The van der Waals surface area contributed by atoms with Gasteiger partial charge in [0, 0.05) is 24.9 Å². The first-order valence-corrected chi connectivity index (χ1v) is 5.74. The number of fused-ring (bicyclic) bond motifs is 2. The molecule has 0 N–H and O–H groups in total. The van der Waals surface area contributed by atoms with Gasteiger partial charge in [-0.05, 0) is 19.4 Å². The van der Waals surface area contributed by atoms with E-state index in [1.807, 2.05) is 13.8 Å². The Bertz CT molecular complexity index is 168. The average Bonchev–Trinajstić information content (AvgIpc) is 2.21. The number of halogens is 2. The summed E-state index contributed by atoms with van der Waals surface area (Å²) in [4.78, 5) is 2.18. The van der Waals surface area contributed by atoms with Crippen molar-refractivity contribution in [3.63, 3.8) is 0 Å². The fourth-order valence-corrected chi connectivity index (χ4v) is 2.42. The van der Waals surface area contributed by atoms with Crippen molar-refractivity contribution in [1.29, 1.82) is 0 Å². The molecule has 0 amide bonds. The summed E-state index contributed by atoms with van der Waals surface area (Å²) in [6, 6.07) is 0. The van der Waals surface area contributed by atoms with E-state index in [9.17, 15) is 8.78 Å². The standard InChI is InChI=1S/C9H15F2N.C2H6/c1-2-3-12-5-7-4-8(6-12)9(7,10)11;1-2/h7-8H,2-6H2,1H3;1-2H3. The first kappa shape index (κ1) is 11.9. The van der Waals surface area contributed by atoms with E-state index in [0.717, 1.165) is 19.4 Å². The fourth-order valence-electron chi connectivity index (χ4n) is 2.42. The Kier molecular flexibility index (Phi) is 3.87. The van der Waals surface area contributed by atoms with E-state index in [1.165, 1.54) is 0 Å². The lowest BCUT2D eigenvalue weighted by molar-refractivity contribution is -0.226. The highest BCUT2D eigenvalue weighted by Gasteiger charge is 2.60. The van der Waals surface area contributed by atoms with E-state index in [4.69, 9.17) is 0 Å².